The number of aryl methyl sites for hydroxylation is 1. The molecule has 6 heteroatoms. The van der Waals surface area contributed by atoms with Crippen LogP contribution in [0.5, 0.6) is 0 Å². The van der Waals surface area contributed by atoms with Crippen LogP contribution in [0.25, 0.3) is 0 Å². The quantitative estimate of drug-likeness (QED) is 0.632. The molecule has 21 heavy (non-hydrogen) atoms. The molecule has 0 aliphatic heterocycles. The summed E-state index contributed by atoms with van der Waals surface area (Å²) >= 11 is 7.72. The van der Waals surface area contributed by atoms with E-state index in [-0.39, 0.29) is 5.56 Å². The molecule has 0 atom stereocenters. The van der Waals surface area contributed by atoms with E-state index in [1.54, 1.807) is 6.92 Å². The van der Waals surface area contributed by atoms with Gasteiger partial charge in [-0.2, -0.15) is 0 Å². The lowest BCUT2D eigenvalue weighted by molar-refractivity contribution is 0.669. The van der Waals surface area contributed by atoms with E-state index in [0.717, 1.165) is 28.4 Å². The van der Waals surface area contributed by atoms with Crippen LogP contribution in [0.4, 0.5) is 0 Å². The highest BCUT2D eigenvalue weighted by molar-refractivity contribution is 7.99. The Kier molecular flexibility index (Phi) is 5.85. The maximum absolute atomic E-state index is 11.5. The van der Waals surface area contributed by atoms with E-state index in [9.17, 15) is 4.79 Å². The number of rotatable bonds is 6. The smallest absolute Gasteiger partial charge is 0.251 e. The van der Waals surface area contributed by atoms with Crippen LogP contribution in [-0.2, 0) is 6.54 Å². The molecule has 0 fully saturated rings. The predicted octanol–water partition coefficient (Wildman–Crippen LogP) is 3.38. The second kappa shape index (κ2) is 7.64. The number of hydrogen-bond acceptors (Lipinski definition) is 4. The number of H-pyrrole nitrogens is 1. The monoisotopic (exact) mass is 323 g/mol. The minimum absolute atomic E-state index is 0.141. The van der Waals surface area contributed by atoms with Gasteiger partial charge in [-0.3, -0.25) is 4.79 Å². The highest BCUT2D eigenvalue weighted by Gasteiger charge is 2.10. The van der Waals surface area contributed by atoms with Crippen molar-refractivity contribution in [3.63, 3.8) is 0 Å². The minimum Gasteiger partial charge on any atom is -0.313 e. The molecule has 0 radical (unpaired) electrons. The standard InChI is InChI=1S/C15H18ClN3OS/c1-3-7-17-9-11-12(16)5-4-6-13(11)21-15-18-10(2)8-14(20)19-15/h4-6,8,17H,3,7,9H2,1-2H3,(H,18,19,20). The van der Waals surface area contributed by atoms with Gasteiger partial charge in [-0.15, -0.1) is 0 Å². The zero-order valence-corrected chi connectivity index (χ0v) is 13.6. The van der Waals surface area contributed by atoms with Crippen molar-refractivity contribution in [2.75, 3.05) is 6.54 Å². The van der Waals surface area contributed by atoms with Gasteiger partial charge < -0.3 is 10.3 Å². The fraction of sp³-hybridized carbons (Fsp3) is 0.333. The number of halogens is 1. The highest BCUT2D eigenvalue weighted by atomic mass is 35.5. The summed E-state index contributed by atoms with van der Waals surface area (Å²) < 4.78 is 0. The Bertz CT molecular complexity index is 672. The summed E-state index contributed by atoms with van der Waals surface area (Å²) in [6.45, 7) is 5.57. The summed E-state index contributed by atoms with van der Waals surface area (Å²) in [5.41, 5.74) is 1.59. The van der Waals surface area contributed by atoms with Crippen LogP contribution in [0.1, 0.15) is 24.6 Å². The van der Waals surface area contributed by atoms with Crippen molar-refractivity contribution in [1.82, 2.24) is 15.3 Å². The molecule has 0 bridgehead atoms. The molecule has 4 nitrogen and oxygen atoms in total. The number of aromatic amines is 1. The molecule has 0 spiro atoms. The van der Waals surface area contributed by atoms with E-state index < -0.39 is 0 Å². The molecule has 0 saturated carbocycles. The minimum atomic E-state index is -0.141. The summed E-state index contributed by atoms with van der Waals surface area (Å²) in [6, 6.07) is 7.25. The van der Waals surface area contributed by atoms with Crippen LogP contribution in [0.15, 0.2) is 39.1 Å². The van der Waals surface area contributed by atoms with Gasteiger partial charge in [-0.25, -0.2) is 4.98 Å². The Balaban J connectivity index is 2.26. The number of nitrogens with zero attached hydrogens (tertiary/aromatic N) is 1. The highest BCUT2D eigenvalue weighted by Crippen LogP contribution is 2.31. The zero-order chi connectivity index (χ0) is 15.2. The second-order valence-electron chi connectivity index (χ2n) is 4.69. The lowest BCUT2D eigenvalue weighted by Gasteiger charge is -2.11. The summed E-state index contributed by atoms with van der Waals surface area (Å²) in [5.74, 6) is 0. The zero-order valence-electron chi connectivity index (χ0n) is 12.1. The Morgan fingerprint density at radius 3 is 2.95 bits per heavy atom. The van der Waals surface area contributed by atoms with E-state index >= 15 is 0 Å². The Morgan fingerprint density at radius 1 is 1.43 bits per heavy atom. The lowest BCUT2D eigenvalue weighted by Crippen LogP contribution is -2.15. The molecule has 1 aromatic heterocycles. The summed E-state index contributed by atoms with van der Waals surface area (Å²) in [5, 5.41) is 4.65. The average molecular weight is 324 g/mol. The van der Waals surface area contributed by atoms with Crippen LogP contribution in [0.3, 0.4) is 0 Å². The van der Waals surface area contributed by atoms with E-state index in [2.05, 4.69) is 22.2 Å². The normalized spacial score (nSPS) is 10.8. The summed E-state index contributed by atoms with van der Waals surface area (Å²) in [7, 11) is 0. The molecule has 0 amide bonds. The van der Waals surface area contributed by atoms with Gasteiger partial charge in [-0.05, 0) is 37.6 Å². The maximum Gasteiger partial charge on any atom is 0.251 e. The summed E-state index contributed by atoms with van der Waals surface area (Å²) in [6.07, 6.45) is 1.07. The van der Waals surface area contributed by atoms with Gasteiger partial charge in [-0.1, -0.05) is 36.4 Å². The van der Waals surface area contributed by atoms with Crippen LogP contribution in [0.2, 0.25) is 5.02 Å². The van der Waals surface area contributed by atoms with Crippen LogP contribution in [-0.4, -0.2) is 16.5 Å². The fourth-order valence-corrected chi connectivity index (χ4v) is 3.20. The molecule has 0 aliphatic carbocycles. The van der Waals surface area contributed by atoms with E-state index in [4.69, 9.17) is 11.6 Å². The van der Waals surface area contributed by atoms with Crippen molar-refractivity contribution in [2.45, 2.75) is 36.9 Å². The first kappa shape index (κ1) is 16.1. The third kappa shape index (κ3) is 4.59. The number of hydrogen-bond donors (Lipinski definition) is 2. The molecule has 0 saturated heterocycles. The molecule has 2 aromatic rings. The third-order valence-corrected chi connectivity index (χ3v) is 4.20. The number of benzene rings is 1. The number of aromatic nitrogens is 2. The Hall–Kier alpha value is -1.30. The van der Waals surface area contributed by atoms with Crippen molar-refractivity contribution < 1.29 is 0 Å². The van der Waals surface area contributed by atoms with Gasteiger partial charge in [0, 0.05) is 28.2 Å². The molecule has 0 aliphatic rings. The third-order valence-electron chi connectivity index (χ3n) is 2.86. The van der Waals surface area contributed by atoms with Gasteiger partial charge in [0.15, 0.2) is 5.16 Å². The topological polar surface area (TPSA) is 57.8 Å². The molecule has 1 heterocycles. The first-order chi connectivity index (χ1) is 10.1. The maximum atomic E-state index is 11.5. The van der Waals surface area contributed by atoms with Crippen molar-refractivity contribution in [2.24, 2.45) is 0 Å². The largest absolute Gasteiger partial charge is 0.313 e. The number of nitrogens with one attached hydrogen (secondary N) is 2. The van der Waals surface area contributed by atoms with Crippen molar-refractivity contribution in [1.29, 1.82) is 0 Å². The van der Waals surface area contributed by atoms with Crippen LogP contribution < -0.4 is 10.9 Å². The lowest BCUT2D eigenvalue weighted by atomic mass is 10.2. The Labute approximate surface area is 133 Å². The molecular weight excluding hydrogens is 306 g/mol. The SMILES string of the molecule is CCCNCc1c(Cl)cccc1Sc1nc(C)cc(=O)[nH]1. The van der Waals surface area contributed by atoms with Gasteiger partial charge in [0.25, 0.3) is 5.56 Å². The van der Waals surface area contributed by atoms with E-state index in [1.165, 1.54) is 17.8 Å². The van der Waals surface area contributed by atoms with Crippen molar-refractivity contribution in [3.05, 3.63) is 50.9 Å². The molecule has 2 rings (SSSR count). The van der Waals surface area contributed by atoms with Crippen molar-refractivity contribution in [3.8, 4) is 0 Å². The van der Waals surface area contributed by atoms with Gasteiger partial charge in [0.1, 0.15) is 0 Å². The second-order valence-corrected chi connectivity index (χ2v) is 6.13. The van der Waals surface area contributed by atoms with Crippen LogP contribution in [0, 0.1) is 6.92 Å². The molecule has 112 valence electrons. The predicted molar refractivity (Wildman–Crippen MR) is 87.2 cm³/mol. The molecular formula is C15H18ClN3OS. The van der Waals surface area contributed by atoms with Gasteiger partial charge in [0.2, 0.25) is 0 Å². The first-order valence-corrected chi connectivity index (χ1v) is 8.03. The summed E-state index contributed by atoms with van der Waals surface area (Å²) in [4.78, 5) is 19.6. The van der Waals surface area contributed by atoms with E-state index in [0.29, 0.717) is 17.4 Å². The molecule has 0 unspecified atom stereocenters. The Morgan fingerprint density at radius 2 is 2.24 bits per heavy atom. The van der Waals surface area contributed by atoms with E-state index in [1.807, 2.05) is 18.2 Å². The first-order valence-electron chi connectivity index (χ1n) is 6.84. The average Bonchev–Trinajstić information content (AvgIpc) is 2.41. The van der Waals surface area contributed by atoms with Crippen molar-refractivity contribution >= 4 is 23.4 Å². The molecule has 2 N–H and O–H groups in total. The van der Waals surface area contributed by atoms with Crippen LogP contribution >= 0.6 is 23.4 Å². The van der Waals surface area contributed by atoms with Gasteiger partial charge in [0.05, 0.1) is 0 Å². The van der Waals surface area contributed by atoms with Gasteiger partial charge >= 0.3 is 0 Å². The fourth-order valence-electron chi connectivity index (χ4n) is 1.90. The molecule has 1 aromatic carbocycles.